The van der Waals surface area contributed by atoms with Gasteiger partial charge in [0.25, 0.3) is 11.8 Å². The van der Waals surface area contributed by atoms with E-state index >= 15 is 0 Å². The van der Waals surface area contributed by atoms with Crippen molar-refractivity contribution in [1.29, 1.82) is 0 Å². The number of aromatic nitrogens is 1. The van der Waals surface area contributed by atoms with Gasteiger partial charge in [-0.3, -0.25) is 9.79 Å². The van der Waals surface area contributed by atoms with E-state index in [4.69, 9.17) is 17.3 Å². The molecule has 1 aromatic heterocycles. The summed E-state index contributed by atoms with van der Waals surface area (Å²) < 4.78 is 58.4. The molecule has 1 aliphatic heterocycles. The quantitative estimate of drug-likeness (QED) is 0.708. The van der Waals surface area contributed by atoms with E-state index in [1.165, 1.54) is 24.4 Å². The first-order valence-electron chi connectivity index (χ1n) is 8.51. The second-order valence-corrected chi connectivity index (χ2v) is 7.59. The van der Waals surface area contributed by atoms with Gasteiger partial charge in [0.1, 0.15) is 17.3 Å². The van der Waals surface area contributed by atoms with Crippen LogP contribution in [0.15, 0.2) is 41.5 Å². The van der Waals surface area contributed by atoms with Gasteiger partial charge in [-0.05, 0) is 44.2 Å². The first-order valence-corrected chi connectivity index (χ1v) is 8.89. The molecule has 29 heavy (non-hydrogen) atoms. The topological polar surface area (TPSA) is 80.4 Å². The number of anilines is 1. The Kier molecular flexibility index (Phi) is 5.06. The van der Waals surface area contributed by atoms with Crippen LogP contribution in [-0.4, -0.2) is 28.3 Å². The van der Waals surface area contributed by atoms with Crippen molar-refractivity contribution < 1.29 is 22.4 Å². The van der Waals surface area contributed by atoms with Crippen LogP contribution < -0.4 is 11.1 Å². The number of nitrogens with two attached hydrogens (primary N) is 1. The SMILES string of the molecule is C[C@@]1(F)CC(F)(F)[C@@](C)(c2cc(NC(=O)c3ccc(Cl)cn3)ccc2F)N=C1N. The zero-order valence-electron chi connectivity index (χ0n) is 15.4. The Hall–Kier alpha value is -2.68. The number of rotatable bonds is 3. The number of aliphatic imine (C=N–C) groups is 1. The summed E-state index contributed by atoms with van der Waals surface area (Å²) in [5.74, 6) is -6.03. The molecular weight excluding hydrogens is 412 g/mol. The fraction of sp³-hybridized carbons (Fsp3) is 0.316. The largest absolute Gasteiger partial charge is 0.385 e. The smallest absolute Gasteiger partial charge is 0.280 e. The van der Waals surface area contributed by atoms with Gasteiger partial charge < -0.3 is 11.1 Å². The lowest BCUT2D eigenvalue weighted by Crippen LogP contribution is -2.56. The lowest BCUT2D eigenvalue weighted by Gasteiger charge is -2.42. The molecule has 0 saturated heterocycles. The molecule has 0 fully saturated rings. The van der Waals surface area contributed by atoms with Crippen molar-refractivity contribution in [3.8, 4) is 0 Å². The summed E-state index contributed by atoms with van der Waals surface area (Å²) in [6.45, 7) is 1.87. The highest BCUT2D eigenvalue weighted by Crippen LogP contribution is 2.50. The Morgan fingerprint density at radius 1 is 1.21 bits per heavy atom. The summed E-state index contributed by atoms with van der Waals surface area (Å²) >= 11 is 5.72. The minimum Gasteiger partial charge on any atom is -0.385 e. The number of amidine groups is 1. The molecule has 2 heterocycles. The van der Waals surface area contributed by atoms with Crippen LogP contribution in [0.1, 0.15) is 36.3 Å². The molecule has 1 amide bonds. The highest BCUT2D eigenvalue weighted by atomic mass is 35.5. The molecule has 0 saturated carbocycles. The summed E-state index contributed by atoms with van der Waals surface area (Å²) in [7, 11) is 0. The van der Waals surface area contributed by atoms with Gasteiger partial charge >= 0.3 is 0 Å². The number of nitrogens with one attached hydrogen (secondary N) is 1. The number of hydrogen-bond donors (Lipinski definition) is 2. The zero-order chi connectivity index (χ0) is 21.6. The molecule has 0 bridgehead atoms. The van der Waals surface area contributed by atoms with Crippen LogP contribution in [0.25, 0.3) is 0 Å². The maximum atomic E-state index is 14.8. The van der Waals surface area contributed by atoms with Crippen LogP contribution in [-0.2, 0) is 5.54 Å². The van der Waals surface area contributed by atoms with Crippen molar-refractivity contribution in [1.82, 2.24) is 4.98 Å². The molecule has 3 N–H and O–H groups in total. The highest BCUT2D eigenvalue weighted by Gasteiger charge is 2.60. The maximum absolute atomic E-state index is 14.8. The molecular formula is C19H17ClF4N4O. The summed E-state index contributed by atoms with van der Waals surface area (Å²) in [6, 6.07) is 5.95. The molecule has 10 heteroatoms. The Labute approximate surface area is 169 Å². The van der Waals surface area contributed by atoms with Crippen molar-refractivity contribution in [3.63, 3.8) is 0 Å². The van der Waals surface area contributed by atoms with E-state index in [-0.39, 0.29) is 11.4 Å². The summed E-state index contributed by atoms with van der Waals surface area (Å²) in [5.41, 5.74) is 0.0829. The van der Waals surface area contributed by atoms with Gasteiger partial charge in [0.15, 0.2) is 11.2 Å². The van der Waals surface area contributed by atoms with Crippen LogP contribution >= 0.6 is 11.6 Å². The number of benzene rings is 1. The predicted molar refractivity (Wildman–Crippen MR) is 102 cm³/mol. The van der Waals surface area contributed by atoms with Crippen molar-refractivity contribution in [2.75, 3.05) is 5.32 Å². The highest BCUT2D eigenvalue weighted by molar-refractivity contribution is 6.30. The van der Waals surface area contributed by atoms with E-state index in [0.717, 1.165) is 26.0 Å². The molecule has 5 nitrogen and oxygen atoms in total. The molecule has 1 aliphatic rings. The Bertz CT molecular complexity index is 994. The second kappa shape index (κ2) is 6.98. The number of nitrogens with zero attached hydrogens (tertiary/aromatic N) is 2. The Morgan fingerprint density at radius 2 is 1.90 bits per heavy atom. The van der Waals surface area contributed by atoms with Crippen molar-refractivity contribution in [3.05, 3.63) is 58.6 Å². The van der Waals surface area contributed by atoms with Crippen LogP contribution in [0.4, 0.5) is 23.2 Å². The fourth-order valence-corrected chi connectivity index (χ4v) is 3.17. The number of halogens is 5. The van der Waals surface area contributed by atoms with Crippen LogP contribution in [0, 0.1) is 5.82 Å². The third-order valence-corrected chi connectivity index (χ3v) is 5.08. The number of hydrogen-bond acceptors (Lipinski definition) is 4. The monoisotopic (exact) mass is 428 g/mol. The van der Waals surface area contributed by atoms with Crippen molar-refractivity contribution in [2.45, 2.75) is 37.4 Å². The van der Waals surface area contributed by atoms with E-state index in [2.05, 4.69) is 15.3 Å². The van der Waals surface area contributed by atoms with Gasteiger partial charge in [-0.25, -0.2) is 22.5 Å². The first kappa shape index (κ1) is 21.0. The predicted octanol–water partition coefficient (Wildman–Crippen LogP) is 4.47. The number of carbonyl (C=O) groups is 1. The third-order valence-electron chi connectivity index (χ3n) is 4.85. The normalized spacial score (nSPS) is 26.0. The standard InChI is InChI=1S/C19H17ClF4N4O/c1-17(22)9-19(23,24)18(2,28-16(17)25)12-7-11(4-5-13(12)21)27-15(29)14-6-3-10(20)8-26-14/h3-8H,9H2,1-2H3,(H2,25,28)(H,27,29)/t17-,18-/m1/s1. The average Bonchev–Trinajstić information content (AvgIpc) is 2.61. The number of alkyl halides is 3. The van der Waals surface area contributed by atoms with Crippen LogP contribution in [0.5, 0.6) is 0 Å². The number of pyridine rings is 1. The lowest BCUT2D eigenvalue weighted by atomic mass is 9.77. The molecule has 2 aromatic rings. The van der Waals surface area contributed by atoms with Crippen molar-refractivity contribution in [2.24, 2.45) is 10.7 Å². The first-order chi connectivity index (χ1) is 13.4. The van der Waals surface area contributed by atoms with E-state index < -0.39 is 46.7 Å². The van der Waals surface area contributed by atoms with E-state index in [1.54, 1.807) is 0 Å². The van der Waals surface area contributed by atoms with Gasteiger partial charge in [0.2, 0.25) is 0 Å². The Morgan fingerprint density at radius 3 is 2.52 bits per heavy atom. The second-order valence-electron chi connectivity index (χ2n) is 7.16. The Balaban J connectivity index is 2.00. The van der Waals surface area contributed by atoms with Crippen LogP contribution in [0.2, 0.25) is 5.02 Å². The third kappa shape index (κ3) is 3.78. The average molecular weight is 429 g/mol. The van der Waals surface area contributed by atoms with Crippen molar-refractivity contribution >= 4 is 29.0 Å². The molecule has 154 valence electrons. The molecule has 2 atom stereocenters. The van der Waals surface area contributed by atoms with E-state index in [0.29, 0.717) is 5.02 Å². The van der Waals surface area contributed by atoms with E-state index in [1.807, 2.05) is 0 Å². The molecule has 0 aliphatic carbocycles. The van der Waals surface area contributed by atoms with Crippen LogP contribution in [0.3, 0.4) is 0 Å². The fourth-order valence-electron chi connectivity index (χ4n) is 3.06. The number of carbonyl (C=O) groups excluding carboxylic acids is 1. The lowest BCUT2D eigenvalue weighted by molar-refractivity contribution is -0.106. The molecule has 0 unspecified atom stereocenters. The summed E-state index contributed by atoms with van der Waals surface area (Å²) in [6.07, 6.45) is 0.0121. The molecule has 0 radical (unpaired) electrons. The minimum atomic E-state index is -3.74. The summed E-state index contributed by atoms with van der Waals surface area (Å²) in [4.78, 5) is 19.8. The molecule has 1 aromatic carbocycles. The van der Waals surface area contributed by atoms with Gasteiger partial charge in [-0.15, -0.1) is 0 Å². The zero-order valence-corrected chi connectivity index (χ0v) is 16.2. The van der Waals surface area contributed by atoms with Gasteiger partial charge in [-0.2, -0.15) is 0 Å². The van der Waals surface area contributed by atoms with Gasteiger partial charge in [0.05, 0.1) is 11.4 Å². The summed E-state index contributed by atoms with van der Waals surface area (Å²) in [5, 5.41) is 2.77. The maximum Gasteiger partial charge on any atom is 0.280 e. The molecule has 3 rings (SSSR count). The van der Waals surface area contributed by atoms with E-state index in [9.17, 15) is 22.4 Å². The molecule has 0 spiro atoms. The van der Waals surface area contributed by atoms with Gasteiger partial charge in [0, 0.05) is 17.4 Å². The minimum absolute atomic E-state index is 0.0185. The van der Waals surface area contributed by atoms with Gasteiger partial charge in [-0.1, -0.05) is 11.6 Å². The number of amides is 1.